The maximum Gasteiger partial charge on any atom is 0.173 e. The van der Waals surface area contributed by atoms with Gasteiger partial charge in [0.1, 0.15) is 22.9 Å². The van der Waals surface area contributed by atoms with Crippen molar-refractivity contribution in [2.45, 2.75) is 33.6 Å². The maximum atomic E-state index is 10.5. The first-order chi connectivity index (χ1) is 13.0. The van der Waals surface area contributed by atoms with Crippen molar-refractivity contribution in [1.82, 2.24) is 10.2 Å². The van der Waals surface area contributed by atoms with Crippen LogP contribution in [0.5, 0.6) is 23.0 Å². The van der Waals surface area contributed by atoms with Crippen molar-refractivity contribution < 1.29 is 14.6 Å². The molecule has 0 amide bonds. The van der Waals surface area contributed by atoms with Crippen molar-refractivity contribution in [3.05, 3.63) is 54.2 Å². The number of aromatic amines is 1. The second-order valence-electron chi connectivity index (χ2n) is 7.29. The lowest BCUT2D eigenvalue weighted by Crippen LogP contribution is -2.04. The summed E-state index contributed by atoms with van der Waals surface area (Å²) in [6, 6.07) is 13.2. The summed E-state index contributed by atoms with van der Waals surface area (Å²) in [5.74, 6) is 2.85. The first-order valence-corrected chi connectivity index (χ1v) is 9.22. The van der Waals surface area contributed by atoms with Gasteiger partial charge in [-0.3, -0.25) is 5.10 Å². The van der Waals surface area contributed by atoms with Gasteiger partial charge >= 0.3 is 0 Å². The van der Waals surface area contributed by atoms with E-state index in [0.29, 0.717) is 41.2 Å². The number of hydrogen-bond acceptors (Lipinski definition) is 4. The summed E-state index contributed by atoms with van der Waals surface area (Å²) in [6.45, 7) is 9.01. The summed E-state index contributed by atoms with van der Waals surface area (Å²) in [5.41, 5.74) is 2.36. The number of para-hydroxylation sites is 1. The summed E-state index contributed by atoms with van der Waals surface area (Å²) in [7, 11) is 0. The molecule has 0 radical (unpaired) electrons. The molecule has 1 aromatic heterocycles. The van der Waals surface area contributed by atoms with Gasteiger partial charge < -0.3 is 14.6 Å². The highest BCUT2D eigenvalue weighted by molar-refractivity contribution is 5.73. The zero-order chi connectivity index (χ0) is 19.4. The maximum absolute atomic E-state index is 10.5. The van der Waals surface area contributed by atoms with Gasteiger partial charge in [0.05, 0.1) is 12.8 Å². The van der Waals surface area contributed by atoms with Gasteiger partial charge in [0.15, 0.2) is 5.75 Å². The van der Waals surface area contributed by atoms with Crippen LogP contribution in [0.3, 0.4) is 0 Å². The van der Waals surface area contributed by atoms with Crippen LogP contribution in [0.2, 0.25) is 0 Å². The molecular formula is C22H26N2O3. The predicted octanol–water partition coefficient (Wildman–Crippen LogP) is 5.73. The number of phenolic OH excluding ortho intramolecular Hbond substituents is 1. The van der Waals surface area contributed by atoms with Crippen molar-refractivity contribution in [1.29, 1.82) is 0 Å². The van der Waals surface area contributed by atoms with Crippen molar-refractivity contribution >= 4 is 0 Å². The van der Waals surface area contributed by atoms with Gasteiger partial charge in [0.2, 0.25) is 0 Å². The van der Waals surface area contributed by atoms with Crippen LogP contribution in [0.4, 0.5) is 0 Å². The average Bonchev–Trinajstić information content (AvgIpc) is 3.08. The molecule has 0 unspecified atom stereocenters. The third kappa shape index (κ3) is 4.42. The summed E-state index contributed by atoms with van der Waals surface area (Å²) in [5, 5.41) is 17.5. The van der Waals surface area contributed by atoms with E-state index in [1.54, 1.807) is 18.3 Å². The van der Waals surface area contributed by atoms with E-state index in [1.165, 1.54) is 0 Å². The molecule has 0 atom stereocenters. The monoisotopic (exact) mass is 366 g/mol. The fourth-order valence-corrected chi connectivity index (χ4v) is 2.79. The van der Waals surface area contributed by atoms with Crippen molar-refractivity contribution in [2.24, 2.45) is 5.92 Å². The van der Waals surface area contributed by atoms with Gasteiger partial charge in [-0.15, -0.1) is 0 Å². The standard InChI is InChI=1S/C22H26N2O3/c1-14(2)13-26-16-9-10-18(19(25)11-16)22-21(12-23-24-22)27-20-8-6-5-7-17(20)15(3)4/h5-12,14-15,25H,13H2,1-4H3,(H,23,24). The summed E-state index contributed by atoms with van der Waals surface area (Å²) in [6.07, 6.45) is 1.62. The Morgan fingerprint density at radius 3 is 2.52 bits per heavy atom. The normalized spacial score (nSPS) is 11.2. The molecule has 0 aliphatic rings. The minimum Gasteiger partial charge on any atom is -0.507 e. The van der Waals surface area contributed by atoms with E-state index in [9.17, 15) is 5.11 Å². The number of rotatable bonds is 7. The third-order valence-corrected chi connectivity index (χ3v) is 4.19. The van der Waals surface area contributed by atoms with Gasteiger partial charge in [-0.05, 0) is 35.6 Å². The van der Waals surface area contributed by atoms with Crippen LogP contribution in [0.25, 0.3) is 11.3 Å². The van der Waals surface area contributed by atoms with Crippen LogP contribution >= 0.6 is 0 Å². The molecule has 0 aliphatic carbocycles. The zero-order valence-electron chi connectivity index (χ0n) is 16.2. The number of nitrogens with zero attached hydrogens (tertiary/aromatic N) is 1. The second kappa shape index (κ2) is 8.16. The first-order valence-electron chi connectivity index (χ1n) is 9.22. The number of hydrogen-bond donors (Lipinski definition) is 2. The minimum absolute atomic E-state index is 0.113. The van der Waals surface area contributed by atoms with Gasteiger partial charge in [0, 0.05) is 11.6 Å². The predicted molar refractivity (Wildman–Crippen MR) is 107 cm³/mol. The fourth-order valence-electron chi connectivity index (χ4n) is 2.79. The molecule has 0 spiro atoms. The van der Waals surface area contributed by atoms with Crippen molar-refractivity contribution in [3.8, 4) is 34.3 Å². The molecule has 0 saturated carbocycles. The Kier molecular flexibility index (Phi) is 5.69. The highest BCUT2D eigenvalue weighted by atomic mass is 16.5. The Hall–Kier alpha value is -2.95. The minimum atomic E-state index is 0.113. The summed E-state index contributed by atoms with van der Waals surface area (Å²) < 4.78 is 11.8. The second-order valence-corrected chi connectivity index (χ2v) is 7.29. The summed E-state index contributed by atoms with van der Waals surface area (Å²) in [4.78, 5) is 0. The highest BCUT2D eigenvalue weighted by Gasteiger charge is 2.16. The number of phenols is 1. The van der Waals surface area contributed by atoms with Crippen LogP contribution in [0.1, 0.15) is 39.2 Å². The van der Waals surface area contributed by atoms with Gasteiger partial charge in [-0.25, -0.2) is 0 Å². The number of benzene rings is 2. The Morgan fingerprint density at radius 2 is 1.81 bits per heavy atom. The smallest absolute Gasteiger partial charge is 0.173 e. The van der Waals surface area contributed by atoms with E-state index < -0.39 is 0 Å². The topological polar surface area (TPSA) is 67.4 Å². The highest BCUT2D eigenvalue weighted by Crippen LogP contribution is 2.39. The molecule has 2 N–H and O–H groups in total. The number of ether oxygens (including phenoxy) is 2. The zero-order valence-corrected chi connectivity index (χ0v) is 16.2. The van der Waals surface area contributed by atoms with Crippen LogP contribution in [-0.2, 0) is 0 Å². The molecular weight excluding hydrogens is 340 g/mol. The van der Waals surface area contributed by atoms with E-state index in [4.69, 9.17) is 9.47 Å². The molecule has 5 heteroatoms. The molecule has 5 nitrogen and oxygen atoms in total. The average molecular weight is 366 g/mol. The lowest BCUT2D eigenvalue weighted by molar-refractivity contribution is 0.270. The van der Waals surface area contributed by atoms with Crippen LogP contribution in [0, 0.1) is 5.92 Å². The van der Waals surface area contributed by atoms with Crippen LogP contribution in [-0.4, -0.2) is 21.9 Å². The largest absolute Gasteiger partial charge is 0.507 e. The van der Waals surface area contributed by atoms with Gasteiger partial charge in [-0.2, -0.15) is 5.10 Å². The molecule has 0 bridgehead atoms. The third-order valence-electron chi connectivity index (χ3n) is 4.19. The fraction of sp³-hybridized carbons (Fsp3) is 0.318. The Bertz CT molecular complexity index is 900. The number of aromatic hydroxyl groups is 1. The quantitative estimate of drug-likeness (QED) is 0.560. The molecule has 0 aliphatic heterocycles. The lowest BCUT2D eigenvalue weighted by atomic mass is 10.0. The Morgan fingerprint density at radius 1 is 1.04 bits per heavy atom. The van der Waals surface area contributed by atoms with E-state index in [2.05, 4.69) is 44.0 Å². The van der Waals surface area contributed by atoms with E-state index in [0.717, 1.165) is 11.3 Å². The molecule has 1 heterocycles. The van der Waals surface area contributed by atoms with E-state index >= 15 is 0 Å². The van der Waals surface area contributed by atoms with Crippen molar-refractivity contribution in [3.63, 3.8) is 0 Å². The van der Waals surface area contributed by atoms with Crippen molar-refractivity contribution in [2.75, 3.05) is 6.61 Å². The summed E-state index contributed by atoms with van der Waals surface area (Å²) >= 11 is 0. The SMILES string of the molecule is CC(C)COc1ccc(-c2[nH]ncc2Oc2ccccc2C(C)C)c(O)c1. The molecule has 3 aromatic rings. The Balaban J connectivity index is 1.87. The van der Waals surface area contributed by atoms with E-state index in [-0.39, 0.29) is 5.75 Å². The Labute approximate surface area is 160 Å². The lowest BCUT2D eigenvalue weighted by Gasteiger charge is -2.14. The van der Waals surface area contributed by atoms with Gasteiger partial charge in [0.25, 0.3) is 0 Å². The van der Waals surface area contributed by atoms with Crippen LogP contribution < -0.4 is 9.47 Å². The number of aromatic nitrogens is 2. The van der Waals surface area contributed by atoms with Crippen LogP contribution in [0.15, 0.2) is 48.7 Å². The molecule has 2 aromatic carbocycles. The molecule has 142 valence electrons. The first kappa shape index (κ1) is 18.8. The van der Waals surface area contributed by atoms with E-state index in [1.807, 2.05) is 24.3 Å². The molecule has 27 heavy (non-hydrogen) atoms. The molecule has 3 rings (SSSR count). The number of H-pyrrole nitrogens is 1. The number of nitrogens with one attached hydrogen (secondary N) is 1. The molecule has 0 saturated heterocycles. The van der Waals surface area contributed by atoms with Gasteiger partial charge in [-0.1, -0.05) is 45.9 Å². The molecule has 0 fully saturated rings.